The molecule has 0 saturated heterocycles. The summed E-state index contributed by atoms with van der Waals surface area (Å²) < 4.78 is 23.5. The van der Waals surface area contributed by atoms with Crippen molar-refractivity contribution in [1.82, 2.24) is 0 Å². The smallest absolute Gasteiger partial charge is 0.491 e. The van der Waals surface area contributed by atoms with Crippen molar-refractivity contribution in [2.75, 3.05) is 13.2 Å². The summed E-state index contributed by atoms with van der Waals surface area (Å²) in [5, 5.41) is 18.1. The predicted octanol–water partition coefficient (Wildman–Crippen LogP) is 0.309. The van der Waals surface area contributed by atoms with Gasteiger partial charge in [-0.1, -0.05) is 6.07 Å². The maximum absolute atomic E-state index is 13.0. The zero-order chi connectivity index (χ0) is 12.8. The first-order valence-corrected chi connectivity index (χ1v) is 5.40. The first-order chi connectivity index (χ1) is 8.00. The van der Waals surface area contributed by atoms with Crippen molar-refractivity contribution in [3.63, 3.8) is 0 Å². The molecule has 17 heavy (non-hydrogen) atoms. The number of rotatable bonds is 6. The van der Waals surface area contributed by atoms with Crippen LogP contribution in [0.15, 0.2) is 18.2 Å². The second kappa shape index (κ2) is 6.59. The van der Waals surface area contributed by atoms with Crippen LogP contribution < -0.4 is 10.2 Å². The molecule has 0 heterocycles. The zero-order valence-corrected chi connectivity index (χ0v) is 9.89. The Labute approximate surface area is 100 Å². The van der Waals surface area contributed by atoms with Gasteiger partial charge in [-0.3, -0.25) is 0 Å². The van der Waals surface area contributed by atoms with E-state index in [0.29, 0.717) is 6.61 Å². The van der Waals surface area contributed by atoms with Gasteiger partial charge < -0.3 is 19.5 Å². The van der Waals surface area contributed by atoms with Crippen molar-refractivity contribution >= 4 is 12.6 Å². The van der Waals surface area contributed by atoms with Crippen LogP contribution >= 0.6 is 0 Å². The standard InChI is InChI=1S/C11H16BFO4/c1-8(2)16-5-6-17-11-7-9(13)3-4-10(11)12(14)15/h3-4,7-8,14-15H,5-6H2,1-2H3. The fraction of sp³-hybridized carbons (Fsp3) is 0.455. The topological polar surface area (TPSA) is 58.9 Å². The number of benzene rings is 1. The van der Waals surface area contributed by atoms with E-state index in [1.54, 1.807) is 0 Å². The first kappa shape index (κ1) is 14.0. The second-order valence-electron chi connectivity index (χ2n) is 3.82. The number of hydrogen-bond donors (Lipinski definition) is 2. The Morgan fingerprint density at radius 2 is 2.00 bits per heavy atom. The van der Waals surface area contributed by atoms with Gasteiger partial charge in [0.15, 0.2) is 0 Å². The second-order valence-corrected chi connectivity index (χ2v) is 3.82. The minimum absolute atomic E-state index is 0.0917. The Hall–Kier alpha value is -1.11. The fourth-order valence-electron chi connectivity index (χ4n) is 1.28. The lowest BCUT2D eigenvalue weighted by Crippen LogP contribution is -2.32. The predicted molar refractivity (Wildman–Crippen MR) is 62.8 cm³/mol. The van der Waals surface area contributed by atoms with E-state index in [1.807, 2.05) is 13.8 Å². The van der Waals surface area contributed by atoms with Gasteiger partial charge in [0.2, 0.25) is 0 Å². The molecule has 2 N–H and O–H groups in total. The highest BCUT2D eigenvalue weighted by Gasteiger charge is 2.17. The van der Waals surface area contributed by atoms with Crippen LogP contribution in [0.1, 0.15) is 13.8 Å². The van der Waals surface area contributed by atoms with Crippen molar-refractivity contribution in [1.29, 1.82) is 0 Å². The molecular formula is C11H16BFO4. The molecule has 4 nitrogen and oxygen atoms in total. The van der Waals surface area contributed by atoms with Gasteiger partial charge in [0.05, 0.1) is 12.7 Å². The van der Waals surface area contributed by atoms with E-state index in [-0.39, 0.29) is 23.9 Å². The van der Waals surface area contributed by atoms with Crippen molar-refractivity contribution in [2.24, 2.45) is 0 Å². The molecular weight excluding hydrogens is 226 g/mol. The maximum Gasteiger partial charge on any atom is 0.492 e. The summed E-state index contributed by atoms with van der Waals surface area (Å²) in [6.07, 6.45) is 0.0917. The monoisotopic (exact) mass is 242 g/mol. The maximum atomic E-state index is 13.0. The van der Waals surface area contributed by atoms with E-state index >= 15 is 0 Å². The third-order valence-corrected chi connectivity index (χ3v) is 2.05. The Bertz CT molecular complexity index is 357. The van der Waals surface area contributed by atoms with Crippen LogP contribution in [0, 0.1) is 5.82 Å². The lowest BCUT2D eigenvalue weighted by molar-refractivity contribution is 0.0553. The highest BCUT2D eigenvalue weighted by molar-refractivity contribution is 6.59. The summed E-state index contributed by atoms with van der Waals surface area (Å²) in [6, 6.07) is 3.54. The van der Waals surface area contributed by atoms with Crippen molar-refractivity contribution in [3.8, 4) is 5.75 Å². The summed E-state index contributed by atoms with van der Waals surface area (Å²) in [5.41, 5.74) is 0.135. The molecule has 0 fully saturated rings. The molecule has 0 saturated carbocycles. The molecule has 0 aliphatic carbocycles. The van der Waals surface area contributed by atoms with Crippen LogP contribution in [0.2, 0.25) is 0 Å². The molecule has 1 aromatic rings. The summed E-state index contributed by atoms with van der Waals surface area (Å²) in [6.45, 7) is 4.37. The van der Waals surface area contributed by atoms with Crippen LogP contribution in [0.4, 0.5) is 4.39 Å². The minimum atomic E-state index is -1.68. The third kappa shape index (κ3) is 4.72. The summed E-state index contributed by atoms with van der Waals surface area (Å²) >= 11 is 0. The van der Waals surface area contributed by atoms with Gasteiger partial charge in [-0.05, 0) is 19.9 Å². The van der Waals surface area contributed by atoms with E-state index in [0.717, 1.165) is 12.1 Å². The van der Waals surface area contributed by atoms with E-state index in [4.69, 9.17) is 19.5 Å². The lowest BCUT2D eigenvalue weighted by atomic mass is 9.79. The molecule has 6 heteroatoms. The van der Waals surface area contributed by atoms with Crippen LogP contribution in [-0.4, -0.2) is 36.5 Å². The molecule has 0 spiro atoms. The molecule has 0 aliphatic heterocycles. The van der Waals surface area contributed by atoms with Crippen LogP contribution in [0.5, 0.6) is 5.75 Å². The van der Waals surface area contributed by atoms with E-state index < -0.39 is 12.9 Å². The Morgan fingerprint density at radius 3 is 2.59 bits per heavy atom. The summed E-state index contributed by atoms with van der Waals surface area (Å²) in [7, 11) is -1.68. The van der Waals surface area contributed by atoms with Crippen molar-refractivity contribution in [2.45, 2.75) is 20.0 Å². The number of halogens is 1. The van der Waals surface area contributed by atoms with Gasteiger partial charge in [-0.15, -0.1) is 0 Å². The van der Waals surface area contributed by atoms with E-state index in [9.17, 15) is 4.39 Å². The van der Waals surface area contributed by atoms with E-state index in [2.05, 4.69) is 0 Å². The summed E-state index contributed by atoms with van der Waals surface area (Å²) in [4.78, 5) is 0. The zero-order valence-electron chi connectivity index (χ0n) is 9.89. The van der Waals surface area contributed by atoms with Gasteiger partial charge in [0.1, 0.15) is 18.2 Å². The molecule has 0 aromatic heterocycles. The lowest BCUT2D eigenvalue weighted by Gasteiger charge is -2.12. The highest BCUT2D eigenvalue weighted by atomic mass is 19.1. The number of ether oxygens (including phenoxy) is 2. The molecule has 94 valence electrons. The van der Waals surface area contributed by atoms with Crippen LogP contribution in [0.3, 0.4) is 0 Å². The molecule has 0 aliphatic rings. The molecule has 1 aromatic carbocycles. The van der Waals surface area contributed by atoms with Crippen molar-refractivity contribution < 1.29 is 23.9 Å². The van der Waals surface area contributed by atoms with Gasteiger partial charge in [-0.2, -0.15) is 0 Å². The first-order valence-electron chi connectivity index (χ1n) is 5.40. The van der Waals surface area contributed by atoms with Gasteiger partial charge in [0.25, 0.3) is 0 Å². The number of hydrogen-bond acceptors (Lipinski definition) is 4. The molecule has 0 atom stereocenters. The van der Waals surface area contributed by atoms with Gasteiger partial charge in [-0.25, -0.2) is 4.39 Å². The third-order valence-electron chi connectivity index (χ3n) is 2.05. The Morgan fingerprint density at radius 1 is 1.29 bits per heavy atom. The highest BCUT2D eigenvalue weighted by Crippen LogP contribution is 2.10. The van der Waals surface area contributed by atoms with Gasteiger partial charge in [0, 0.05) is 11.5 Å². The van der Waals surface area contributed by atoms with Crippen LogP contribution in [-0.2, 0) is 4.74 Å². The minimum Gasteiger partial charge on any atom is -0.491 e. The normalized spacial score (nSPS) is 10.7. The Balaban J connectivity index is 2.59. The Kier molecular flexibility index (Phi) is 5.41. The largest absolute Gasteiger partial charge is 0.492 e. The van der Waals surface area contributed by atoms with E-state index in [1.165, 1.54) is 6.07 Å². The molecule has 1 rings (SSSR count). The molecule has 0 amide bonds. The van der Waals surface area contributed by atoms with Gasteiger partial charge >= 0.3 is 7.12 Å². The quantitative estimate of drug-likeness (QED) is 0.556. The van der Waals surface area contributed by atoms with Crippen LogP contribution in [0.25, 0.3) is 0 Å². The summed E-state index contributed by atoms with van der Waals surface area (Å²) in [5.74, 6) is -0.374. The average Bonchev–Trinajstić information content (AvgIpc) is 2.23. The molecule has 0 radical (unpaired) electrons. The fourth-order valence-corrected chi connectivity index (χ4v) is 1.28. The average molecular weight is 242 g/mol. The SMILES string of the molecule is CC(C)OCCOc1cc(F)ccc1B(O)O. The molecule has 0 bridgehead atoms. The van der Waals surface area contributed by atoms with Crippen molar-refractivity contribution in [3.05, 3.63) is 24.0 Å². The molecule has 0 unspecified atom stereocenters.